The van der Waals surface area contributed by atoms with E-state index >= 15 is 0 Å². The molecular formula is C17H20N2O5. The second-order valence-electron chi connectivity index (χ2n) is 5.90. The number of ether oxygens (including phenoxy) is 2. The molecule has 2 atom stereocenters. The molecule has 1 saturated heterocycles. The molecule has 1 fully saturated rings. The predicted molar refractivity (Wildman–Crippen MR) is 85.1 cm³/mol. The van der Waals surface area contributed by atoms with Gasteiger partial charge in [-0.2, -0.15) is 0 Å². The Morgan fingerprint density at radius 1 is 1.46 bits per heavy atom. The molecule has 2 aliphatic heterocycles. The second-order valence-corrected chi connectivity index (χ2v) is 5.90. The molecule has 3 rings (SSSR count). The fourth-order valence-corrected chi connectivity index (χ4v) is 2.94. The minimum atomic E-state index is -0.678. The van der Waals surface area contributed by atoms with E-state index in [1.54, 1.807) is 19.1 Å². The molecule has 0 radical (unpaired) electrons. The molecule has 2 heterocycles. The number of carbonyl (C=O) groups is 2. The van der Waals surface area contributed by atoms with Crippen LogP contribution in [-0.2, 0) is 14.3 Å². The molecule has 7 heteroatoms. The molecule has 0 bridgehead atoms. The van der Waals surface area contributed by atoms with Gasteiger partial charge in [-0.25, -0.2) is 9.59 Å². The normalized spacial score (nSPS) is 23.6. The highest BCUT2D eigenvalue weighted by Crippen LogP contribution is 2.29. The average molecular weight is 332 g/mol. The van der Waals surface area contributed by atoms with Crippen molar-refractivity contribution >= 4 is 12.0 Å². The summed E-state index contributed by atoms with van der Waals surface area (Å²) in [6.07, 6.45) is 1.77. The summed E-state index contributed by atoms with van der Waals surface area (Å²) in [4.78, 5) is 24.3. The molecule has 128 valence electrons. The molecule has 24 heavy (non-hydrogen) atoms. The van der Waals surface area contributed by atoms with Gasteiger partial charge in [0, 0.05) is 12.3 Å². The number of phenols is 1. The van der Waals surface area contributed by atoms with Crippen LogP contribution in [0.3, 0.4) is 0 Å². The quantitative estimate of drug-likeness (QED) is 0.730. The van der Waals surface area contributed by atoms with Crippen LogP contribution >= 0.6 is 0 Å². The molecule has 0 spiro atoms. The van der Waals surface area contributed by atoms with E-state index in [0.29, 0.717) is 23.4 Å². The maximum atomic E-state index is 12.6. The summed E-state index contributed by atoms with van der Waals surface area (Å²) in [7, 11) is 0. The van der Waals surface area contributed by atoms with Crippen LogP contribution in [0, 0.1) is 0 Å². The van der Waals surface area contributed by atoms with Gasteiger partial charge in [0.05, 0.1) is 17.7 Å². The Balaban J connectivity index is 1.81. The van der Waals surface area contributed by atoms with Gasteiger partial charge in [0.1, 0.15) is 12.4 Å². The SMILES string of the molecule is CC1=C(C(=O)OC[C@@H]2CCCO2)[C@@H](c2cccc(O)c2)NC(=O)N1. The van der Waals surface area contributed by atoms with Crippen molar-refractivity contribution in [2.75, 3.05) is 13.2 Å². The first-order valence-electron chi connectivity index (χ1n) is 7.90. The van der Waals surface area contributed by atoms with Crippen LogP contribution in [-0.4, -0.2) is 36.4 Å². The Labute approximate surface area is 139 Å². The lowest BCUT2D eigenvalue weighted by molar-refractivity contribution is -0.142. The number of esters is 1. The lowest BCUT2D eigenvalue weighted by Gasteiger charge is -2.28. The van der Waals surface area contributed by atoms with Crippen LogP contribution in [0.15, 0.2) is 35.5 Å². The molecular weight excluding hydrogens is 312 g/mol. The predicted octanol–water partition coefficient (Wildman–Crippen LogP) is 1.74. The molecule has 3 N–H and O–H groups in total. The first-order valence-corrected chi connectivity index (χ1v) is 7.90. The molecule has 7 nitrogen and oxygen atoms in total. The monoisotopic (exact) mass is 332 g/mol. The third-order valence-electron chi connectivity index (χ3n) is 4.12. The smallest absolute Gasteiger partial charge is 0.338 e. The molecule has 0 saturated carbocycles. The summed E-state index contributed by atoms with van der Waals surface area (Å²) in [5.74, 6) is -0.450. The van der Waals surface area contributed by atoms with Crippen LogP contribution in [0.2, 0.25) is 0 Å². The zero-order valence-electron chi connectivity index (χ0n) is 13.4. The molecule has 0 aromatic heterocycles. The van der Waals surface area contributed by atoms with Crippen molar-refractivity contribution in [3.8, 4) is 5.75 Å². The number of aromatic hydroxyl groups is 1. The summed E-state index contributed by atoms with van der Waals surface area (Å²) >= 11 is 0. The van der Waals surface area contributed by atoms with Crippen LogP contribution in [0.5, 0.6) is 5.75 Å². The standard InChI is InChI=1S/C17H20N2O5/c1-10-14(16(21)24-9-13-6-3-7-23-13)15(19-17(22)18-10)11-4-2-5-12(20)8-11/h2,4-5,8,13,15,20H,3,6-7,9H2,1H3,(H2,18,19,22)/t13-,15+/m0/s1. The maximum Gasteiger partial charge on any atom is 0.338 e. The fraction of sp³-hybridized carbons (Fsp3) is 0.412. The number of phenolic OH excluding ortho intramolecular Hbond substituents is 1. The maximum absolute atomic E-state index is 12.6. The van der Waals surface area contributed by atoms with Crippen molar-refractivity contribution in [2.45, 2.75) is 31.9 Å². The second kappa shape index (κ2) is 6.92. The van der Waals surface area contributed by atoms with E-state index in [4.69, 9.17) is 9.47 Å². The van der Waals surface area contributed by atoms with E-state index in [1.165, 1.54) is 12.1 Å². The Morgan fingerprint density at radius 2 is 2.29 bits per heavy atom. The number of benzene rings is 1. The van der Waals surface area contributed by atoms with Crippen LogP contribution < -0.4 is 10.6 Å². The van der Waals surface area contributed by atoms with E-state index in [-0.39, 0.29) is 18.5 Å². The third-order valence-corrected chi connectivity index (χ3v) is 4.12. The Kier molecular flexibility index (Phi) is 4.71. The number of hydrogen-bond donors (Lipinski definition) is 3. The van der Waals surface area contributed by atoms with Gasteiger partial charge < -0.3 is 25.2 Å². The number of hydrogen-bond acceptors (Lipinski definition) is 5. The Hall–Kier alpha value is -2.54. The first kappa shape index (κ1) is 16.3. The lowest BCUT2D eigenvalue weighted by Crippen LogP contribution is -2.45. The van der Waals surface area contributed by atoms with Gasteiger partial charge in [-0.3, -0.25) is 0 Å². The Morgan fingerprint density at radius 3 is 3.00 bits per heavy atom. The molecule has 2 aliphatic rings. The van der Waals surface area contributed by atoms with E-state index < -0.39 is 18.0 Å². The zero-order valence-corrected chi connectivity index (χ0v) is 13.4. The number of carbonyl (C=O) groups excluding carboxylic acids is 2. The molecule has 2 amide bonds. The highest BCUT2D eigenvalue weighted by molar-refractivity contribution is 5.95. The molecule has 1 aromatic carbocycles. The van der Waals surface area contributed by atoms with Crippen LogP contribution in [0.25, 0.3) is 0 Å². The van der Waals surface area contributed by atoms with E-state index in [1.807, 2.05) is 0 Å². The Bertz CT molecular complexity index is 679. The van der Waals surface area contributed by atoms with Crippen molar-refractivity contribution < 1.29 is 24.2 Å². The van der Waals surface area contributed by atoms with Crippen LogP contribution in [0.1, 0.15) is 31.4 Å². The summed E-state index contributed by atoms with van der Waals surface area (Å²) < 4.78 is 10.8. The number of allylic oxidation sites excluding steroid dienone is 1. The number of rotatable bonds is 4. The van der Waals surface area contributed by atoms with Gasteiger partial charge >= 0.3 is 12.0 Å². The number of nitrogens with one attached hydrogen (secondary N) is 2. The van der Waals surface area contributed by atoms with E-state index in [9.17, 15) is 14.7 Å². The van der Waals surface area contributed by atoms with Crippen molar-refractivity contribution in [2.24, 2.45) is 0 Å². The summed E-state index contributed by atoms with van der Waals surface area (Å²) in [6, 6.07) is 5.34. The lowest BCUT2D eigenvalue weighted by atomic mass is 9.95. The van der Waals surface area contributed by atoms with Crippen LogP contribution in [0.4, 0.5) is 4.79 Å². The summed E-state index contributed by atoms with van der Waals surface area (Å²) in [6.45, 7) is 2.53. The van der Waals surface area contributed by atoms with Gasteiger partial charge in [0.15, 0.2) is 0 Å². The average Bonchev–Trinajstić information content (AvgIpc) is 3.05. The van der Waals surface area contributed by atoms with E-state index in [0.717, 1.165) is 12.8 Å². The zero-order chi connectivity index (χ0) is 17.1. The van der Waals surface area contributed by atoms with E-state index in [2.05, 4.69) is 10.6 Å². The third kappa shape index (κ3) is 3.51. The summed E-state index contributed by atoms with van der Waals surface area (Å²) in [5, 5.41) is 15.0. The minimum Gasteiger partial charge on any atom is -0.508 e. The highest BCUT2D eigenvalue weighted by atomic mass is 16.6. The van der Waals surface area contributed by atoms with Gasteiger partial charge in [0.2, 0.25) is 0 Å². The highest BCUT2D eigenvalue weighted by Gasteiger charge is 2.33. The number of amides is 2. The van der Waals surface area contributed by atoms with Gasteiger partial charge in [0.25, 0.3) is 0 Å². The van der Waals surface area contributed by atoms with Gasteiger partial charge in [-0.05, 0) is 37.5 Å². The van der Waals surface area contributed by atoms with Crippen molar-refractivity contribution in [3.63, 3.8) is 0 Å². The van der Waals surface area contributed by atoms with Gasteiger partial charge in [-0.15, -0.1) is 0 Å². The van der Waals surface area contributed by atoms with Crippen molar-refractivity contribution in [1.82, 2.24) is 10.6 Å². The molecule has 1 aromatic rings. The summed E-state index contributed by atoms with van der Waals surface area (Å²) in [5.41, 5.74) is 1.36. The largest absolute Gasteiger partial charge is 0.508 e. The molecule has 0 unspecified atom stereocenters. The van der Waals surface area contributed by atoms with Gasteiger partial charge in [-0.1, -0.05) is 12.1 Å². The van der Waals surface area contributed by atoms with Crippen molar-refractivity contribution in [1.29, 1.82) is 0 Å². The topological polar surface area (TPSA) is 96.9 Å². The molecule has 0 aliphatic carbocycles. The minimum absolute atomic E-state index is 0.0602. The first-order chi connectivity index (χ1) is 11.5. The number of urea groups is 1. The van der Waals surface area contributed by atoms with Crippen molar-refractivity contribution in [3.05, 3.63) is 41.1 Å². The fourth-order valence-electron chi connectivity index (χ4n) is 2.94.